The number of hydrogen-bond acceptors (Lipinski definition) is 3. The fourth-order valence-corrected chi connectivity index (χ4v) is 4.51. The summed E-state index contributed by atoms with van der Waals surface area (Å²) in [5.41, 5.74) is 0.587. The topological polar surface area (TPSA) is 35.5 Å². The molecule has 3 aliphatic rings. The van der Waals surface area contributed by atoms with Crippen LogP contribution in [0.15, 0.2) is 12.1 Å². The molecule has 3 unspecified atom stereocenters. The number of carbonyl (C=O) groups excluding carboxylic acids is 1. The average molecular weight is 307 g/mol. The second kappa shape index (κ2) is 5.20. The first kappa shape index (κ1) is 13.4. The zero-order valence-electron chi connectivity index (χ0n) is 11.9. The van der Waals surface area contributed by atoms with E-state index in [9.17, 15) is 4.79 Å². The van der Waals surface area contributed by atoms with Crippen LogP contribution in [-0.4, -0.2) is 19.0 Å². The maximum absolute atomic E-state index is 12.6. The maximum Gasteiger partial charge on any atom is 0.164 e. The van der Waals surface area contributed by atoms with E-state index >= 15 is 0 Å². The van der Waals surface area contributed by atoms with Crippen molar-refractivity contribution < 1.29 is 14.3 Å². The zero-order valence-corrected chi connectivity index (χ0v) is 12.7. The van der Waals surface area contributed by atoms with Crippen molar-refractivity contribution in [2.24, 2.45) is 17.8 Å². The van der Waals surface area contributed by atoms with Crippen molar-refractivity contribution in [3.8, 4) is 11.5 Å². The molecule has 3 atom stereocenters. The Balaban J connectivity index is 1.54. The number of benzene rings is 1. The highest BCUT2D eigenvalue weighted by molar-refractivity contribution is 6.34. The van der Waals surface area contributed by atoms with Crippen molar-refractivity contribution in [3.05, 3.63) is 22.7 Å². The molecule has 1 aromatic carbocycles. The van der Waals surface area contributed by atoms with Gasteiger partial charge in [-0.05, 0) is 43.1 Å². The molecule has 112 valence electrons. The van der Waals surface area contributed by atoms with Gasteiger partial charge in [-0.3, -0.25) is 4.79 Å². The van der Waals surface area contributed by atoms with E-state index < -0.39 is 0 Å². The highest BCUT2D eigenvalue weighted by Crippen LogP contribution is 2.50. The number of ether oxygens (including phenoxy) is 2. The molecule has 0 amide bonds. The van der Waals surface area contributed by atoms with Gasteiger partial charge < -0.3 is 9.47 Å². The fraction of sp³-hybridized carbons (Fsp3) is 0.588. The van der Waals surface area contributed by atoms with Gasteiger partial charge in [-0.2, -0.15) is 0 Å². The summed E-state index contributed by atoms with van der Waals surface area (Å²) in [6.07, 6.45) is 5.84. The largest absolute Gasteiger partial charge is 0.486 e. The predicted octanol–water partition coefficient (Wildman–Crippen LogP) is 4.12. The third-order valence-electron chi connectivity index (χ3n) is 5.26. The minimum Gasteiger partial charge on any atom is -0.486 e. The van der Waals surface area contributed by atoms with Gasteiger partial charge >= 0.3 is 0 Å². The van der Waals surface area contributed by atoms with Crippen molar-refractivity contribution in [1.29, 1.82) is 0 Å². The Morgan fingerprint density at radius 1 is 1.14 bits per heavy atom. The predicted molar refractivity (Wildman–Crippen MR) is 80.3 cm³/mol. The lowest BCUT2D eigenvalue weighted by Crippen LogP contribution is -2.18. The minimum absolute atomic E-state index is 0.148. The van der Waals surface area contributed by atoms with Gasteiger partial charge in [-0.15, -0.1) is 0 Å². The van der Waals surface area contributed by atoms with Crippen LogP contribution < -0.4 is 9.47 Å². The standard InChI is InChI=1S/C17H19ClO3/c18-14-9-17-16(20-3-4-21-17)8-13(14)15(19)7-12-6-10-1-2-11(12)5-10/h8-12H,1-7H2. The SMILES string of the molecule is O=C(CC1CC2CCC1C2)c1cc2c(cc1Cl)OCCO2. The summed E-state index contributed by atoms with van der Waals surface area (Å²) in [5.74, 6) is 3.61. The number of fused-ring (bicyclic) bond motifs is 3. The normalized spacial score (nSPS) is 29.7. The number of Topliss-reactive ketones (excluding diaryl/α,β-unsaturated/α-hetero) is 1. The van der Waals surface area contributed by atoms with Crippen molar-refractivity contribution in [2.45, 2.75) is 32.1 Å². The molecule has 21 heavy (non-hydrogen) atoms. The molecule has 2 bridgehead atoms. The summed E-state index contributed by atoms with van der Waals surface area (Å²) >= 11 is 6.26. The summed E-state index contributed by atoms with van der Waals surface area (Å²) < 4.78 is 11.0. The van der Waals surface area contributed by atoms with Crippen LogP contribution in [0, 0.1) is 17.8 Å². The molecule has 2 saturated carbocycles. The molecule has 4 rings (SSSR count). The van der Waals surface area contributed by atoms with E-state index in [-0.39, 0.29) is 5.78 Å². The van der Waals surface area contributed by atoms with Crippen molar-refractivity contribution in [1.82, 2.24) is 0 Å². The lowest BCUT2D eigenvalue weighted by atomic mass is 9.84. The molecule has 2 aliphatic carbocycles. The van der Waals surface area contributed by atoms with Gasteiger partial charge in [-0.25, -0.2) is 0 Å². The fourth-order valence-electron chi connectivity index (χ4n) is 4.25. The number of hydrogen-bond donors (Lipinski definition) is 0. The Kier molecular flexibility index (Phi) is 3.33. The second-order valence-corrected chi connectivity index (χ2v) is 6.95. The highest BCUT2D eigenvalue weighted by atomic mass is 35.5. The average Bonchev–Trinajstić information content (AvgIpc) is 3.09. The van der Waals surface area contributed by atoms with E-state index in [0.29, 0.717) is 47.6 Å². The van der Waals surface area contributed by atoms with Gasteiger partial charge in [-0.1, -0.05) is 18.0 Å². The lowest BCUT2D eigenvalue weighted by molar-refractivity contribution is 0.0943. The number of halogens is 1. The Labute approximate surface area is 129 Å². The molecule has 0 radical (unpaired) electrons. The third-order valence-corrected chi connectivity index (χ3v) is 5.58. The highest BCUT2D eigenvalue weighted by Gasteiger charge is 2.40. The third kappa shape index (κ3) is 2.42. The number of rotatable bonds is 3. The van der Waals surface area contributed by atoms with Crippen molar-refractivity contribution in [3.63, 3.8) is 0 Å². The quantitative estimate of drug-likeness (QED) is 0.788. The molecule has 1 aliphatic heterocycles. The second-order valence-electron chi connectivity index (χ2n) is 6.54. The molecule has 0 N–H and O–H groups in total. The Bertz CT molecular complexity index is 584. The Morgan fingerprint density at radius 2 is 1.90 bits per heavy atom. The van der Waals surface area contributed by atoms with E-state index in [1.54, 1.807) is 12.1 Å². The first-order chi connectivity index (χ1) is 10.2. The summed E-state index contributed by atoms with van der Waals surface area (Å²) in [6.45, 7) is 1.05. The number of ketones is 1. The van der Waals surface area contributed by atoms with Crippen LogP contribution in [0.1, 0.15) is 42.5 Å². The molecule has 0 aromatic heterocycles. The molecule has 3 nitrogen and oxygen atoms in total. The molecule has 4 heteroatoms. The van der Waals surface area contributed by atoms with Crippen LogP contribution in [0.3, 0.4) is 0 Å². The van der Waals surface area contributed by atoms with Crippen molar-refractivity contribution in [2.75, 3.05) is 13.2 Å². The first-order valence-corrected chi connectivity index (χ1v) is 8.21. The molecule has 2 fully saturated rings. The zero-order chi connectivity index (χ0) is 14.4. The molecule has 0 saturated heterocycles. The Morgan fingerprint density at radius 3 is 2.57 bits per heavy atom. The van der Waals surface area contributed by atoms with Crippen LogP contribution in [0.25, 0.3) is 0 Å². The van der Waals surface area contributed by atoms with Gasteiger partial charge in [0, 0.05) is 18.1 Å². The van der Waals surface area contributed by atoms with Crippen LogP contribution in [0.2, 0.25) is 5.02 Å². The molecule has 1 aromatic rings. The molecular weight excluding hydrogens is 288 g/mol. The van der Waals surface area contributed by atoms with E-state index in [4.69, 9.17) is 21.1 Å². The smallest absolute Gasteiger partial charge is 0.164 e. The first-order valence-electron chi connectivity index (χ1n) is 7.83. The van der Waals surface area contributed by atoms with Crippen LogP contribution in [0.5, 0.6) is 11.5 Å². The number of carbonyl (C=O) groups is 1. The van der Waals surface area contributed by atoms with Crippen molar-refractivity contribution >= 4 is 17.4 Å². The Hall–Kier alpha value is -1.22. The summed E-state index contributed by atoms with van der Waals surface area (Å²) in [7, 11) is 0. The van der Waals surface area contributed by atoms with Gasteiger partial charge in [0.25, 0.3) is 0 Å². The van der Waals surface area contributed by atoms with Gasteiger partial charge in [0.2, 0.25) is 0 Å². The van der Waals surface area contributed by atoms with E-state index in [1.807, 2.05) is 0 Å². The molecule has 1 heterocycles. The molecular formula is C17H19ClO3. The summed E-state index contributed by atoms with van der Waals surface area (Å²) in [5, 5.41) is 0.479. The van der Waals surface area contributed by atoms with E-state index in [0.717, 1.165) is 11.8 Å². The van der Waals surface area contributed by atoms with E-state index in [1.165, 1.54) is 25.7 Å². The van der Waals surface area contributed by atoms with Crippen LogP contribution in [-0.2, 0) is 0 Å². The van der Waals surface area contributed by atoms with Crippen LogP contribution in [0.4, 0.5) is 0 Å². The maximum atomic E-state index is 12.6. The van der Waals surface area contributed by atoms with Gasteiger partial charge in [0.15, 0.2) is 17.3 Å². The summed E-state index contributed by atoms with van der Waals surface area (Å²) in [6, 6.07) is 3.47. The monoisotopic (exact) mass is 306 g/mol. The molecule has 0 spiro atoms. The van der Waals surface area contributed by atoms with Gasteiger partial charge in [0.05, 0.1) is 5.02 Å². The van der Waals surface area contributed by atoms with Gasteiger partial charge in [0.1, 0.15) is 13.2 Å². The lowest BCUT2D eigenvalue weighted by Gasteiger charge is -2.22. The summed E-state index contributed by atoms with van der Waals surface area (Å²) in [4.78, 5) is 12.6. The minimum atomic E-state index is 0.148. The van der Waals surface area contributed by atoms with Crippen LogP contribution >= 0.6 is 11.6 Å². The van der Waals surface area contributed by atoms with E-state index in [2.05, 4.69) is 0 Å².